The summed E-state index contributed by atoms with van der Waals surface area (Å²) in [5.74, 6) is 0.485. The maximum absolute atomic E-state index is 4.65. The summed E-state index contributed by atoms with van der Waals surface area (Å²) in [5, 5.41) is 0. The Morgan fingerprint density at radius 2 is 2.04 bits per heavy atom. The highest BCUT2D eigenvalue weighted by atomic mass is 32.2. The monoisotopic (exact) mass is 340 g/mol. The van der Waals surface area contributed by atoms with Crippen molar-refractivity contribution in [1.82, 2.24) is 9.71 Å². The minimum Gasteiger partial charge on any atom is -0.330 e. The molecule has 2 aromatic rings. The van der Waals surface area contributed by atoms with Crippen molar-refractivity contribution in [3.63, 3.8) is 0 Å². The molecule has 0 saturated heterocycles. The molecule has 24 heavy (non-hydrogen) atoms. The van der Waals surface area contributed by atoms with E-state index in [0.29, 0.717) is 5.92 Å². The van der Waals surface area contributed by atoms with Gasteiger partial charge in [0.15, 0.2) is 0 Å². The number of hydrogen-bond donors (Lipinski definition) is 1. The minimum absolute atomic E-state index is 0.485. The summed E-state index contributed by atoms with van der Waals surface area (Å²) in [7, 11) is 0. The number of aryl methyl sites for hydroxylation is 2. The molecule has 2 rings (SSSR count). The molecule has 0 amide bonds. The van der Waals surface area contributed by atoms with Gasteiger partial charge in [0.1, 0.15) is 0 Å². The Morgan fingerprint density at radius 1 is 1.25 bits per heavy atom. The maximum Gasteiger partial charge on any atom is 0.0714 e. The van der Waals surface area contributed by atoms with Gasteiger partial charge in [0.25, 0.3) is 0 Å². The molecule has 1 aromatic heterocycles. The smallest absolute Gasteiger partial charge is 0.0714 e. The van der Waals surface area contributed by atoms with Gasteiger partial charge in [-0.25, -0.2) is 0 Å². The van der Waals surface area contributed by atoms with Crippen molar-refractivity contribution in [2.45, 2.75) is 51.9 Å². The van der Waals surface area contributed by atoms with Gasteiger partial charge in [0.05, 0.1) is 5.69 Å². The standard InChI is InChI=1S/C21H28N2S/c1-6-8-16(4)17(5)23-24-21-12-9-15(3)13-19(21)20-11-10-18(7-2)14-22-20/h9-14,16,23H,5-8H2,1-4H3. The normalized spacial score (nSPS) is 12.0. The molecule has 0 bridgehead atoms. The number of allylic oxidation sites excluding steroid dienone is 1. The van der Waals surface area contributed by atoms with Crippen LogP contribution in [0.2, 0.25) is 0 Å². The lowest BCUT2D eigenvalue weighted by Gasteiger charge is -2.17. The van der Waals surface area contributed by atoms with Crippen LogP contribution in [0.3, 0.4) is 0 Å². The van der Waals surface area contributed by atoms with Crippen molar-refractivity contribution < 1.29 is 0 Å². The molecule has 1 unspecified atom stereocenters. The lowest BCUT2D eigenvalue weighted by molar-refractivity contribution is 0.589. The molecular weight excluding hydrogens is 312 g/mol. The van der Waals surface area contributed by atoms with Crippen LogP contribution in [0.1, 0.15) is 44.7 Å². The van der Waals surface area contributed by atoms with E-state index in [1.807, 2.05) is 6.20 Å². The summed E-state index contributed by atoms with van der Waals surface area (Å²) >= 11 is 1.63. The Kier molecular flexibility index (Phi) is 6.92. The Hall–Kier alpha value is -1.74. The second-order valence-corrected chi connectivity index (χ2v) is 7.17. The van der Waals surface area contributed by atoms with Gasteiger partial charge >= 0.3 is 0 Å². The number of aromatic nitrogens is 1. The van der Waals surface area contributed by atoms with Crippen LogP contribution in [0.4, 0.5) is 0 Å². The summed E-state index contributed by atoms with van der Waals surface area (Å²) in [6, 6.07) is 10.8. The third-order valence-electron chi connectivity index (χ3n) is 4.25. The number of rotatable bonds is 8. The first-order valence-corrected chi connectivity index (χ1v) is 9.54. The number of pyridine rings is 1. The van der Waals surface area contributed by atoms with Crippen molar-refractivity contribution in [2.24, 2.45) is 5.92 Å². The van der Waals surface area contributed by atoms with Crippen LogP contribution in [-0.2, 0) is 6.42 Å². The first-order chi connectivity index (χ1) is 11.5. The van der Waals surface area contributed by atoms with Crippen LogP contribution < -0.4 is 4.72 Å². The summed E-state index contributed by atoms with van der Waals surface area (Å²) in [6.45, 7) is 12.9. The van der Waals surface area contributed by atoms with Crippen LogP contribution in [0.15, 0.2) is 53.7 Å². The predicted octanol–water partition coefficient (Wildman–Crippen LogP) is 6.17. The molecule has 0 radical (unpaired) electrons. The van der Waals surface area contributed by atoms with Crippen molar-refractivity contribution in [3.8, 4) is 11.3 Å². The fourth-order valence-electron chi connectivity index (χ4n) is 2.55. The van der Waals surface area contributed by atoms with Gasteiger partial charge in [-0.3, -0.25) is 4.98 Å². The van der Waals surface area contributed by atoms with E-state index in [9.17, 15) is 0 Å². The average molecular weight is 341 g/mol. The quantitative estimate of drug-likeness (QED) is 0.582. The summed E-state index contributed by atoms with van der Waals surface area (Å²) in [6.07, 6.45) is 5.32. The van der Waals surface area contributed by atoms with E-state index in [1.165, 1.54) is 28.0 Å². The molecule has 2 nitrogen and oxygen atoms in total. The van der Waals surface area contributed by atoms with Crippen LogP contribution in [-0.4, -0.2) is 4.98 Å². The number of nitrogens with zero attached hydrogens (tertiary/aromatic N) is 1. The molecule has 0 fully saturated rings. The molecular formula is C21H28N2S. The van der Waals surface area contributed by atoms with E-state index in [-0.39, 0.29) is 0 Å². The third kappa shape index (κ3) is 4.88. The van der Waals surface area contributed by atoms with Crippen molar-refractivity contribution >= 4 is 11.9 Å². The zero-order valence-corrected chi connectivity index (χ0v) is 16.0. The zero-order valence-electron chi connectivity index (χ0n) is 15.2. The highest BCUT2D eigenvalue weighted by Gasteiger charge is 2.10. The Labute approximate surface area is 150 Å². The Balaban J connectivity index is 2.19. The first-order valence-electron chi connectivity index (χ1n) is 8.72. The zero-order chi connectivity index (χ0) is 17.5. The van der Waals surface area contributed by atoms with Crippen LogP contribution in [0.5, 0.6) is 0 Å². The van der Waals surface area contributed by atoms with Gasteiger partial charge in [-0.05, 0) is 61.4 Å². The first kappa shape index (κ1) is 18.6. The highest BCUT2D eigenvalue weighted by molar-refractivity contribution is 7.97. The minimum atomic E-state index is 0.485. The number of hydrogen-bond acceptors (Lipinski definition) is 3. The lowest BCUT2D eigenvalue weighted by atomic mass is 10.0. The third-order valence-corrected chi connectivity index (χ3v) is 5.19. The van der Waals surface area contributed by atoms with Crippen molar-refractivity contribution in [3.05, 3.63) is 59.9 Å². The van der Waals surface area contributed by atoms with Crippen LogP contribution >= 0.6 is 11.9 Å². The van der Waals surface area contributed by atoms with E-state index in [1.54, 1.807) is 11.9 Å². The largest absolute Gasteiger partial charge is 0.330 e. The second-order valence-electron chi connectivity index (χ2n) is 6.32. The van der Waals surface area contributed by atoms with E-state index < -0.39 is 0 Å². The molecule has 0 aliphatic heterocycles. The molecule has 0 aliphatic carbocycles. The molecule has 0 saturated carbocycles. The van der Waals surface area contributed by atoms with Crippen LogP contribution in [0.25, 0.3) is 11.3 Å². The Bertz CT molecular complexity index is 677. The van der Waals surface area contributed by atoms with Gasteiger partial charge < -0.3 is 4.72 Å². The second kappa shape index (κ2) is 8.93. The van der Waals surface area contributed by atoms with Gasteiger partial charge in [-0.15, -0.1) is 0 Å². The predicted molar refractivity (Wildman–Crippen MR) is 106 cm³/mol. The van der Waals surface area contributed by atoms with E-state index in [0.717, 1.165) is 24.2 Å². The molecule has 0 aliphatic rings. The fraction of sp³-hybridized carbons (Fsp3) is 0.381. The summed E-state index contributed by atoms with van der Waals surface area (Å²) < 4.78 is 3.43. The molecule has 1 atom stereocenters. The van der Waals surface area contributed by atoms with E-state index in [4.69, 9.17) is 0 Å². The maximum atomic E-state index is 4.65. The lowest BCUT2D eigenvalue weighted by Crippen LogP contribution is -2.10. The molecule has 3 heteroatoms. The average Bonchev–Trinajstić information content (AvgIpc) is 2.60. The Morgan fingerprint density at radius 3 is 2.67 bits per heavy atom. The van der Waals surface area contributed by atoms with Gasteiger partial charge in [-0.2, -0.15) is 0 Å². The molecule has 128 valence electrons. The molecule has 1 N–H and O–H groups in total. The van der Waals surface area contributed by atoms with E-state index in [2.05, 4.69) is 74.3 Å². The number of benzene rings is 1. The number of nitrogens with one attached hydrogen (secondary N) is 1. The molecule has 0 spiro atoms. The SMILES string of the molecule is C=C(NSc1ccc(C)cc1-c1ccc(CC)cn1)C(C)CCC. The van der Waals surface area contributed by atoms with Gasteiger partial charge in [0, 0.05) is 22.4 Å². The van der Waals surface area contributed by atoms with Crippen molar-refractivity contribution in [1.29, 1.82) is 0 Å². The van der Waals surface area contributed by atoms with Gasteiger partial charge in [0.2, 0.25) is 0 Å². The van der Waals surface area contributed by atoms with E-state index >= 15 is 0 Å². The topological polar surface area (TPSA) is 24.9 Å². The molecule has 1 aromatic carbocycles. The molecule has 1 heterocycles. The van der Waals surface area contributed by atoms with Crippen molar-refractivity contribution in [2.75, 3.05) is 0 Å². The summed E-state index contributed by atoms with van der Waals surface area (Å²) in [5.41, 5.74) is 5.79. The summed E-state index contributed by atoms with van der Waals surface area (Å²) in [4.78, 5) is 5.83. The highest BCUT2D eigenvalue weighted by Crippen LogP contribution is 2.31. The van der Waals surface area contributed by atoms with Crippen LogP contribution in [0, 0.1) is 12.8 Å². The fourth-order valence-corrected chi connectivity index (χ4v) is 3.41. The van der Waals surface area contributed by atoms with Gasteiger partial charge in [-0.1, -0.05) is 51.5 Å².